The predicted octanol–water partition coefficient (Wildman–Crippen LogP) is 7.66. The van der Waals surface area contributed by atoms with E-state index in [4.69, 9.17) is 19.9 Å². The standard InChI is InChI=1S/C30H26N4/c1-29(2,3)27-31-19-11-7-15-17-9-13-21-26-22(34-28(33-21)30(4,5)6)14-10-18(24(17)26)16-8-12-20(32-27)25(19)23(15)16/h7-14H,1-6H3. The first-order valence-corrected chi connectivity index (χ1v) is 11.9. The first-order valence-electron chi connectivity index (χ1n) is 11.9. The Morgan fingerprint density at radius 2 is 0.647 bits per heavy atom. The van der Waals surface area contributed by atoms with Gasteiger partial charge in [-0.25, -0.2) is 19.9 Å². The zero-order valence-electron chi connectivity index (χ0n) is 20.4. The van der Waals surface area contributed by atoms with Crippen LogP contribution in [0.3, 0.4) is 0 Å². The fourth-order valence-electron chi connectivity index (χ4n) is 5.37. The van der Waals surface area contributed by atoms with Crippen LogP contribution in [0.4, 0.5) is 0 Å². The summed E-state index contributed by atoms with van der Waals surface area (Å²) >= 11 is 0. The van der Waals surface area contributed by atoms with Crippen molar-refractivity contribution >= 4 is 65.2 Å². The van der Waals surface area contributed by atoms with Crippen LogP contribution in [0.1, 0.15) is 53.2 Å². The van der Waals surface area contributed by atoms with Crippen molar-refractivity contribution in [2.75, 3.05) is 0 Å². The maximum atomic E-state index is 4.98. The summed E-state index contributed by atoms with van der Waals surface area (Å²) in [5, 5.41) is 9.75. The van der Waals surface area contributed by atoms with Gasteiger partial charge < -0.3 is 0 Å². The molecule has 0 saturated carbocycles. The average Bonchev–Trinajstić information content (AvgIpc) is 2.79. The molecule has 0 amide bonds. The molecular weight excluding hydrogens is 416 g/mol. The van der Waals surface area contributed by atoms with E-state index in [9.17, 15) is 0 Å². The highest BCUT2D eigenvalue weighted by molar-refractivity contribution is 6.38. The van der Waals surface area contributed by atoms with Crippen molar-refractivity contribution in [1.82, 2.24) is 19.9 Å². The van der Waals surface area contributed by atoms with Crippen LogP contribution >= 0.6 is 0 Å². The van der Waals surface area contributed by atoms with E-state index in [2.05, 4.69) is 90.1 Å². The van der Waals surface area contributed by atoms with Crippen LogP contribution in [-0.2, 0) is 10.8 Å². The molecule has 4 heteroatoms. The summed E-state index contributed by atoms with van der Waals surface area (Å²) in [5.41, 5.74) is 3.84. The maximum absolute atomic E-state index is 4.98. The lowest BCUT2D eigenvalue weighted by molar-refractivity contribution is 0.550. The first kappa shape index (κ1) is 19.8. The van der Waals surface area contributed by atoms with Crippen LogP contribution in [-0.4, -0.2) is 19.9 Å². The molecule has 5 aromatic carbocycles. The Morgan fingerprint density at radius 1 is 0.382 bits per heavy atom. The molecule has 7 rings (SSSR count). The monoisotopic (exact) mass is 442 g/mol. The van der Waals surface area contributed by atoms with Gasteiger partial charge >= 0.3 is 0 Å². The van der Waals surface area contributed by atoms with E-state index in [1.54, 1.807) is 0 Å². The van der Waals surface area contributed by atoms with Gasteiger partial charge in [0.1, 0.15) is 11.6 Å². The van der Waals surface area contributed by atoms with Gasteiger partial charge in [-0.2, -0.15) is 0 Å². The summed E-state index contributed by atoms with van der Waals surface area (Å²) in [6.07, 6.45) is 0. The van der Waals surface area contributed by atoms with Gasteiger partial charge in [-0.1, -0.05) is 65.8 Å². The second kappa shape index (κ2) is 6.06. The van der Waals surface area contributed by atoms with Gasteiger partial charge in [-0.3, -0.25) is 0 Å². The molecule has 0 bridgehead atoms. The van der Waals surface area contributed by atoms with E-state index in [1.165, 1.54) is 32.3 Å². The quantitative estimate of drug-likeness (QED) is 0.179. The summed E-state index contributed by atoms with van der Waals surface area (Å²) in [6, 6.07) is 17.6. The maximum Gasteiger partial charge on any atom is 0.135 e. The SMILES string of the molecule is CC(C)(C)c1nc2ccc3c4ccc5nc(C(C)(C)C)nc6ccc(c7ccc(n1)c2c37)c4c56. The molecule has 0 aliphatic rings. The normalized spacial score (nSPS) is 13.6. The number of hydrogen-bond acceptors (Lipinski definition) is 4. The van der Waals surface area contributed by atoms with Gasteiger partial charge in [-0.15, -0.1) is 0 Å². The number of fused-ring (bicyclic) bond motifs is 2. The minimum Gasteiger partial charge on any atom is -0.232 e. The van der Waals surface area contributed by atoms with Gasteiger partial charge in [0, 0.05) is 32.4 Å². The van der Waals surface area contributed by atoms with Crippen molar-refractivity contribution < 1.29 is 0 Å². The largest absolute Gasteiger partial charge is 0.232 e. The number of hydrogen-bond donors (Lipinski definition) is 0. The molecule has 0 aliphatic heterocycles. The third-order valence-electron chi connectivity index (χ3n) is 7.06. The third-order valence-corrected chi connectivity index (χ3v) is 7.06. The number of nitrogens with zero attached hydrogens (tertiary/aromatic N) is 4. The van der Waals surface area contributed by atoms with E-state index < -0.39 is 0 Å². The van der Waals surface area contributed by atoms with Crippen LogP contribution in [0, 0.1) is 0 Å². The Labute approximate surface area is 197 Å². The van der Waals surface area contributed by atoms with Gasteiger partial charge in [0.15, 0.2) is 0 Å². The smallest absolute Gasteiger partial charge is 0.135 e. The fraction of sp³-hybridized carbons (Fsp3) is 0.267. The molecule has 2 heterocycles. The van der Waals surface area contributed by atoms with Crippen molar-refractivity contribution in [3.63, 3.8) is 0 Å². The van der Waals surface area contributed by atoms with Crippen molar-refractivity contribution in [2.45, 2.75) is 52.4 Å². The van der Waals surface area contributed by atoms with Gasteiger partial charge in [-0.05, 0) is 45.8 Å². The highest BCUT2D eigenvalue weighted by atomic mass is 14.9. The predicted molar refractivity (Wildman–Crippen MR) is 142 cm³/mol. The number of benzene rings is 5. The topological polar surface area (TPSA) is 51.6 Å². The Bertz CT molecular complexity index is 1660. The van der Waals surface area contributed by atoms with Crippen LogP contribution < -0.4 is 0 Å². The van der Waals surface area contributed by atoms with Gasteiger partial charge in [0.05, 0.1) is 22.1 Å². The van der Waals surface area contributed by atoms with Crippen molar-refractivity contribution in [1.29, 1.82) is 0 Å². The summed E-state index contributed by atoms with van der Waals surface area (Å²) in [4.78, 5) is 19.9. The van der Waals surface area contributed by atoms with Crippen molar-refractivity contribution in [3.05, 3.63) is 60.2 Å². The molecule has 0 spiro atoms. The molecule has 166 valence electrons. The Hall–Kier alpha value is -3.66. The molecule has 0 N–H and O–H groups in total. The molecule has 0 unspecified atom stereocenters. The minimum absolute atomic E-state index is 0.104. The van der Waals surface area contributed by atoms with Crippen LogP contribution in [0.25, 0.3) is 65.2 Å². The van der Waals surface area contributed by atoms with Crippen LogP contribution in [0.15, 0.2) is 48.5 Å². The van der Waals surface area contributed by atoms with Crippen molar-refractivity contribution in [3.8, 4) is 0 Å². The Balaban J connectivity index is 1.69. The third kappa shape index (κ3) is 2.48. The molecule has 7 aromatic rings. The number of aromatic nitrogens is 4. The molecule has 2 aromatic heterocycles. The fourth-order valence-corrected chi connectivity index (χ4v) is 5.37. The molecule has 0 aliphatic carbocycles. The first-order chi connectivity index (χ1) is 16.1. The van der Waals surface area contributed by atoms with Crippen LogP contribution in [0.5, 0.6) is 0 Å². The molecule has 0 fully saturated rings. The minimum atomic E-state index is -0.104. The highest BCUT2D eigenvalue weighted by Crippen LogP contribution is 2.44. The average molecular weight is 443 g/mol. The van der Waals surface area contributed by atoms with E-state index >= 15 is 0 Å². The molecule has 0 saturated heterocycles. The summed E-state index contributed by atoms with van der Waals surface area (Å²) in [7, 11) is 0. The lowest BCUT2D eigenvalue weighted by Crippen LogP contribution is -2.16. The highest BCUT2D eigenvalue weighted by Gasteiger charge is 2.24. The lowest BCUT2D eigenvalue weighted by Gasteiger charge is -2.21. The Kier molecular flexibility index (Phi) is 3.53. The second-order valence-corrected chi connectivity index (χ2v) is 11.6. The van der Waals surface area contributed by atoms with Gasteiger partial charge in [0.2, 0.25) is 0 Å². The van der Waals surface area contributed by atoms with Gasteiger partial charge in [0.25, 0.3) is 0 Å². The molecular formula is C30H26N4. The zero-order chi connectivity index (χ0) is 23.6. The van der Waals surface area contributed by atoms with Crippen molar-refractivity contribution in [2.24, 2.45) is 0 Å². The molecule has 0 atom stereocenters. The van der Waals surface area contributed by atoms with E-state index in [-0.39, 0.29) is 10.8 Å². The molecule has 34 heavy (non-hydrogen) atoms. The molecule has 4 nitrogen and oxygen atoms in total. The molecule has 0 radical (unpaired) electrons. The van der Waals surface area contributed by atoms with E-state index in [0.29, 0.717) is 0 Å². The number of rotatable bonds is 0. The summed E-state index contributed by atoms with van der Waals surface area (Å²) in [6.45, 7) is 13.0. The Morgan fingerprint density at radius 3 is 0.882 bits per heavy atom. The summed E-state index contributed by atoms with van der Waals surface area (Å²) in [5.74, 6) is 1.76. The second-order valence-electron chi connectivity index (χ2n) is 11.6. The van der Waals surface area contributed by atoms with Crippen LogP contribution in [0.2, 0.25) is 0 Å². The van der Waals surface area contributed by atoms with E-state index in [1.807, 2.05) is 0 Å². The summed E-state index contributed by atoms with van der Waals surface area (Å²) < 4.78 is 0. The lowest BCUT2D eigenvalue weighted by atomic mass is 9.87. The zero-order valence-corrected chi connectivity index (χ0v) is 20.4. The van der Waals surface area contributed by atoms with E-state index in [0.717, 1.165) is 44.5 Å².